The second kappa shape index (κ2) is 7.91. The molecule has 2 amide bonds. The van der Waals surface area contributed by atoms with E-state index in [-0.39, 0.29) is 5.91 Å². The van der Waals surface area contributed by atoms with E-state index in [4.69, 9.17) is 4.74 Å². The zero-order chi connectivity index (χ0) is 19.4. The third-order valence-electron chi connectivity index (χ3n) is 4.19. The average Bonchev–Trinajstić information content (AvgIpc) is 2.64. The fraction of sp³-hybridized carbons (Fsp3) is 0.182. The van der Waals surface area contributed by atoms with E-state index in [1.165, 1.54) is 0 Å². The zero-order valence-electron chi connectivity index (χ0n) is 15.6. The van der Waals surface area contributed by atoms with Gasteiger partial charge in [0, 0.05) is 5.56 Å². The maximum absolute atomic E-state index is 12.2. The molecule has 0 fully saturated rings. The van der Waals surface area contributed by atoms with Crippen molar-refractivity contribution in [3.8, 4) is 5.75 Å². The second-order valence-corrected chi connectivity index (χ2v) is 6.59. The minimum absolute atomic E-state index is 0.368. The monoisotopic (exact) mass is 362 g/mol. The summed E-state index contributed by atoms with van der Waals surface area (Å²) in [5, 5.41) is 2.13. The first kappa shape index (κ1) is 18.5. The summed E-state index contributed by atoms with van der Waals surface area (Å²) in [5.74, 6) is -0.203. The van der Waals surface area contributed by atoms with Gasteiger partial charge >= 0.3 is 0 Å². The summed E-state index contributed by atoms with van der Waals surface area (Å²) < 4.78 is 5.70. The lowest BCUT2D eigenvalue weighted by molar-refractivity contribution is -0.128. The summed E-state index contributed by atoms with van der Waals surface area (Å²) >= 11 is 0. The molecule has 5 nitrogen and oxygen atoms in total. The predicted molar refractivity (Wildman–Crippen MR) is 106 cm³/mol. The molecule has 5 heteroatoms. The lowest BCUT2D eigenvalue weighted by Gasteiger charge is -2.16. The number of amides is 2. The van der Waals surface area contributed by atoms with Gasteiger partial charge in [0.05, 0.1) is 0 Å². The first-order valence-electron chi connectivity index (χ1n) is 8.76. The number of fused-ring (bicyclic) bond motifs is 1. The number of benzene rings is 3. The molecule has 3 rings (SSSR count). The molecule has 0 saturated heterocycles. The van der Waals surface area contributed by atoms with Gasteiger partial charge in [0.15, 0.2) is 6.10 Å². The fourth-order valence-corrected chi connectivity index (χ4v) is 2.90. The van der Waals surface area contributed by atoms with Crippen LogP contribution in [0.15, 0.2) is 60.7 Å². The summed E-state index contributed by atoms with van der Waals surface area (Å²) in [6, 6.07) is 19.1. The predicted octanol–water partition coefficient (Wildman–Crippen LogP) is 3.69. The number of hydrogen-bond acceptors (Lipinski definition) is 3. The Morgan fingerprint density at radius 3 is 2.22 bits per heavy atom. The van der Waals surface area contributed by atoms with E-state index in [9.17, 15) is 9.59 Å². The summed E-state index contributed by atoms with van der Waals surface area (Å²) in [6.45, 7) is 5.47. The van der Waals surface area contributed by atoms with Crippen LogP contribution < -0.4 is 15.6 Å². The minimum atomic E-state index is -0.759. The highest BCUT2D eigenvalue weighted by Gasteiger charge is 2.16. The molecule has 0 radical (unpaired) electrons. The summed E-state index contributed by atoms with van der Waals surface area (Å²) in [6.07, 6.45) is -0.759. The van der Waals surface area contributed by atoms with Crippen LogP contribution in [0.5, 0.6) is 5.75 Å². The van der Waals surface area contributed by atoms with Gasteiger partial charge in [-0.2, -0.15) is 0 Å². The van der Waals surface area contributed by atoms with E-state index < -0.39 is 12.0 Å². The van der Waals surface area contributed by atoms with Crippen LogP contribution in [0.25, 0.3) is 10.8 Å². The molecule has 3 aromatic carbocycles. The molecular formula is C22H22N2O3. The number of carbonyl (C=O) groups excluding carboxylic acids is 2. The average molecular weight is 362 g/mol. The molecular weight excluding hydrogens is 340 g/mol. The Balaban J connectivity index is 1.59. The molecule has 0 aliphatic rings. The first-order chi connectivity index (χ1) is 12.9. The van der Waals surface area contributed by atoms with E-state index >= 15 is 0 Å². The SMILES string of the molecule is Cc1cc(C)cc(C(=O)NNC(=O)[C@@H](C)Oc2ccc3ccccc3c2)c1. The Morgan fingerprint density at radius 1 is 0.852 bits per heavy atom. The number of aryl methyl sites for hydroxylation is 2. The van der Waals surface area contributed by atoms with Crippen molar-refractivity contribution in [1.29, 1.82) is 0 Å². The molecule has 0 heterocycles. The van der Waals surface area contributed by atoms with Crippen molar-refractivity contribution in [2.24, 2.45) is 0 Å². The number of nitrogens with one attached hydrogen (secondary N) is 2. The molecule has 0 aromatic heterocycles. The van der Waals surface area contributed by atoms with Gasteiger partial charge < -0.3 is 4.74 Å². The minimum Gasteiger partial charge on any atom is -0.481 e. The van der Waals surface area contributed by atoms with Gasteiger partial charge in [0.2, 0.25) is 0 Å². The van der Waals surface area contributed by atoms with Crippen LogP contribution in [0.1, 0.15) is 28.4 Å². The van der Waals surface area contributed by atoms with Crippen LogP contribution in [-0.2, 0) is 4.79 Å². The Hall–Kier alpha value is -3.34. The van der Waals surface area contributed by atoms with E-state index in [0.29, 0.717) is 11.3 Å². The van der Waals surface area contributed by atoms with Crippen LogP contribution in [-0.4, -0.2) is 17.9 Å². The standard InChI is InChI=1S/C22H22N2O3/c1-14-10-15(2)12-19(11-14)22(26)24-23-21(25)16(3)27-20-9-8-17-6-4-5-7-18(17)13-20/h4-13,16H,1-3H3,(H,23,25)(H,24,26)/t16-/m1/s1. The molecule has 0 bridgehead atoms. The fourth-order valence-electron chi connectivity index (χ4n) is 2.90. The van der Waals surface area contributed by atoms with Gasteiger partial charge in [0.1, 0.15) is 5.75 Å². The second-order valence-electron chi connectivity index (χ2n) is 6.59. The third kappa shape index (κ3) is 4.64. The summed E-state index contributed by atoms with van der Waals surface area (Å²) in [5.41, 5.74) is 7.31. The Labute approximate surface area is 158 Å². The van der Waals surface area contributed by atoms with E-state index in [0.717, 1.165) is 21.9 Å². The van der Waals surface area contributed by atoms with E-state index in [1.807, 2.05) is 62.4 Å². The first-order valence-corrected chi connectivity index (χ1v) is 8.76. The normalized spacial score (nSPS) is 11.7. The lowest BCUT2D eigenvalue weighted by atomic mass is 10.1. The lowest BCUT2D eigenvalue weighted by Crippen LogP contribution is -2.47. The van der Waals surface area contributed by atoms with Crippen molar-refractivity contribution in [3.63, 3.8) is 0 Å². The highest BCUT2D eigenvalue weighted by molar-refractivity contribution is 5.96. The van der Waals surface area contributed by atoms with Gasteiger partial charge in [-0.3, -0.25) is 20.4 Å². The summed E-state index contributed by atoms with van der Waals surface area (Å²) in [7, 11) is 0. The molecule has 138 valence electrons. The van der Waals surface area contributed by atoms with Crippen molar-refractivity contribution in [3.05, 3.63) is 77.4 Å². The smallest absolute Gasteiger partial charge is 0.279 e. The van der Waals surface area contributed by atoms with Gasteiger partial charge in [-0.1, -0.05) is 47.5 Å². The number of hydrogen-bond donors (Lipinski definition) is 2. The van der Waals surface area contributed by atoms with Crippen molar-refractivity contribution in [2.45, 2.75) is 26.9 Å². The van der Waals surface area contributed by atoms with Gasteiger partial charge in [-0.25, -0.2) is 0 Å². The Bertz CT molecular complexity index is 978. The molecule has 27 heavy (non-hydrogen) atoms. The van der Waals surface area contributed by atoms with Gasteiger partial charge in [-0.15, -0.1) is 0 Å². The van der Waals surface area contributed by atoms with Crippen LogP contribution in [0.4, 0.5) is 0 Å². The topological polar surface area (TPSA) is 67.4 Å². The van der Waals surface area contributed by atoms with Crippen molar-refractivity contribution in [1.82, 2.24) is 10.9 Å². The number of ether oxygens (including phenoxy) is 1. The maximum atomic E-state index is 12.2. The molecule has 3 aromatic rings. The van der Waals surface area contributed by atoms with Crippen LogP contribution in [0.2, 0.25) is 0 Å². The summed E-state index contributed by atoms with van der Waals surface area (Å²) in [4.78, 5) is 24.4. The van der Waals surface area contributed by atoms with Gasteiger partial charge in [0.25, 0.3) is 11.8 Å². The molecule has 2 N–H and O–H groups in total. The molecule has 0 aliphatic carbocycles. The molecule has 0 spiro atoms. The highest BCUT2D eigenvalue weighted by Crippen LogP contribution is 2.21. The van der Waals surface area contributed by atoms with E-state index in [1.54, 1.807) is 19.1 Å². The van der Waals surface area contributed by atoms with Crippen molar-refractivity contribution < 1.29 is 14.3 Å². The number of carbonyl (C=O) groups is 2. The molecule has 0 aliphatic heterocycles. The third-order valence-corrected chi connectivity index (χ3v) is 4.19. The van der Waals surface area contributed by atoms with Crippen molar-refractivity contribution in [2.75, 3.05) is 0 Å². The largest absolute Gasteiger partial charge is 0.481 e. The van der Waals surface area contributed by atoms with Crippen LogP contribution >= 0.6 is 0 Å². The Kier molecular flexibility index (Phi) is 5.41. The highest BCUT2D eigenvalue weighted by atomic mass is 16.5. The van der Waals surface area contributed by atoms with Crippen molar-refractivity contribution >= 4 is 22.6 Å². The maximum Gasteiger partial charge on any atom is 0.279 e. The number of hydrazine groups is 1. The Morgan fingerprint density at radius 2 is 1.52 bits per heavy atom. The van der Waals surface area contributed by atoms with Crippen LogP contribution in [0, 0.1) is 13.8 Å². The zero-order valence-corrected chi connectivity index (χ0v) is 15.6. The quantitative estimate of drug-likeness (QED) is 0.696. The van der Waals surface area contributed by atoms with Gasteiger partial charge in [-0.05, 0) is 55.8 Å². The number of rotatable bonds is 4. The van der Waals surface area contributed by atoms with E-state index in [2.05, 4.69) is 10.9 Å². The molecule has 0 unspecified atom stereocenters. The molecule has 0 saturated carbocycles. The molecule has 1 atom stereocenters. The van der Waals surface area contributed by atoms with Crippen LogP contribution in [0.3, 0.4) is 0 Å².